The first-order valence-electron chi connectivity index (χ1n) is 4.94. The Labute approximate surface area is 101 Å². The summed E-state index contributed by atoms with van der Waals surface area (Å²) in [4.78, 5) is 25.2. The number of pyridine rings is 1. The van der Waals surface area contributed by atoms with E-state index in [4.69, 9.17) is 5.11 Å². The zero-order valence-electron chi connectivity index (χ0n) is 9.29. The molecule has 6 nitrogen and oxygen atoms in total. The second-order valence-electron chi connectivity index (χ2n) is 3.57. The highest BCUT2D eigenvalue weighted by atomic mass is 19.1. The Morgan fingerprint density at radius 1 is 1.56 bits per heavy atom. The first-order valence-corrected chi connectivity index (χ1v) is 4.94. The van der Waals surface area contributed by atoms with Gasteiger partial charge in [0, 0.05) is 18.0 Å². The maximum absolute atomic E-state index is 13.8. The fraction of sp³-hybridized carbons (Fsp3) is 0.0909. The van der Waals surface area contributed by atoms with Gasteiger partial charge in [-0.1, -0.05) is 0 Å². The molecular formula is C11H8FN3O3. The molecule has 0 saturated heterocycles. The predicted molar refractivity (Wildman–Crippen MR) is 58.4 cm³/mol. The number of aromatic carboxylic acids is 1. The Bertz CT molecular complexity index is 636. The van der Waals surface area contributed by atoms with Crippen LogP contribution < -0.4 is 0 Å². The first-order chi connectivity index (χ1) is 8.54. The van der Waals surface area contributed by atoms with Gasteiger partial charge < -0.3 is 5.11 Å². The molecule has 0 aliphatic carbocycles. The fourth-order valence-electron chi connectivity index (χ4n) is 1.48. The molecule has 7 heteroatoms. The Balaban J connectivity index is 2.59. The Morgan fingerprint density at radius 2 is 2.28 bits per heavy atom. The average molecular weight is 249 g/mol. The summed E-state index contributed by atoms with van der Waals surface area (Å²) in [5.74, 6) is -2.26. The maximum atomic E-state index is 13.8. The van der Waals surface area contributed by atoms with E-state index in [0.717, 1.165) is 4.68 Å². The van der Waals surface area contributed by atoms with E-state index in [1.54, 1.807) is 0 Å². The molecule has 2 heterocycles. The summed E-state index contributed by atoms with van der Waals surface area (Å²) in [6.07, 6.45) is 2.94. The van der Waals surface area contributed by atoms with Gasteiger partial charge in [-0.2, -0.15) is 5.10 Å². The largest absolute Gasteiger partial charge is 0.476 e. The molecule has 0 amide bonds. The van der Waals surface area contributed by atoms with Crippen LogP contribution in [0.4, 0.5) is 4.39 Å². The van der Waals surface area contributed by atoms with Gasteiger partial charge in [-0.25, -0.2) is 18.9 Å². The quantitative estimate of drug-likeness (QED) is 0.827. The second kappa shape index (κ2) is 4.36. The minimum atomic E-state index is -1.21. The number of aryl methyl sites for hydroxylation is 1. The van der Waals surface area contributed by atoms with E-state index in [0.29, 0.717) is 11.8 Å². The van der Waals surface area contributed by atoms with E-state index in [1.807, 2.05) is 0 Å². The fourth-order valence-corrected chi connectivity index (χ4v) is 1.48. The molecule has 2 aromatic heterocycles. The van der Waals surface area contributed by atoms with Gasteiger partial charge in [-0.15, -0.1) is 0 Å². The van der Waals surface area contributed by atoms with Gasteiger partial charge in [0.25, 0.3) is 0 Å². The van der Waals surface area contributed by atoms with Crippen LogP contribution >= 0.6 is 0 Å². The highest BCUT2D eigenvalue weighted by Crippen LogP contribution is 2.15. The Morgan fingerprint density at radius 3 is 2.83 bits per heavy atom. The summed E-state index contributed by atoms with van der Waals surface area (Å²) in [5, 5.41) is 12.6. The number of hydrogen-bond donors (Lipinski definition) is 1. The van der Waals surface area contributed by atoms with Crippen molar-refractivity contribution >= 4 is 12.3 Å². The summed E-state index contributed by atoms with van der Waals surface area (Å²) in [7, 11) is 0. The monoisotopic (exact) mass is 249 g/mol. The molecular weight excluding hydrogens is 241 g/mol. The zero-order chi connectivity index (χ0) is 13.3. The molecule has 0 atom stereocenters. The lowest BCUT2D eigenvalue weighted by molar-refractivity contribution is 0.0689. The lowest BCUT2D eigenvalue weighted by atomic mass is 10.2. The topological polar surface area (TPSA) is 85.1 Å². The summed E-state index contributed by atoms with van der Waals surface area (Å²) in [5.41, 5.74) is 0.0259. The summed E-state index contributed by atoms with van der Waals surface area (Å²) in [6, 6.07) is 1.22. The van der Waals surface area contributed by atoms with Crippen molar-refractivity contribution in [2.45, 2.75) is 6.92 Å². The number of hydrogen-bond acceptors (Lipinski definition) is 4. The molecule has 0 aromatic carbocycles. The SMILES string of the molecule is Cc1cn(-c2nccc(C=O)c2F)nc1C(=O)O. The van der Waals surface area contributed by atoms with Crippen LogP contribution in [0.2, 0.25) is 0 Å². The van der Waals surface area contributed by atoms with Crippen LogP contribution in [0.3, 0.4) is 0 Å². The lowest BCUT2D eigenvalue weighted by Crippen LogP contribution is -2.06. The molecule has 18 heavy (non-hydrogen) atoms. The summed E-state index contributed by atoms with van der Waals surface area (Å²) in [6.45, 7) is 1.54. The Kier molecular flexibility index (Phi) is 2.88. The molecule has 0 fully saturated rings. The van der Waals surface area contributed by atoms with Gasteiger partial charge in [0.15, 0.2) is 23.6 Å². The van der Waals surface area contributed by atoms with Crippen molar-refractivity contribution < 1.29 is 19.1 Å². The predicted octanol–water partition coefficient (Wildman–Crippen LogP) is 1.23. The van der Waals surface area contributed by atoms with Crippen LogP contribution in [0.1, 0.15) is 26.4 Å². The van der Waals surface area contributed by atoms with E-state index >= 15 is 0 Å². The number of halogens is 1. The lowest BCUT2D eigenvalue weighted by Gasteiger charge is -2.02. The number of carboxylic acids is 1. The normalized spacial score (nSPS) is 10.3. The number of aldehydes is 1. The van der Waals surface area contributed by atoms with Crippen molar-refractivity contribution in [3.63, 3.8) is 0 Å². The molecule has 0 bridgehead atoms. The average Bonchev–Trinajstić information content (AvgIpc) is 2.71. The summed E-state index contributed by atoms with van der Waals surface area (Å²) >= 11 is 0. The molecule has 0 radical (unpaired) electrons. The van der Waals surface area contributed by atoms with E-state index in [1.165, 1.54) is 25.4 Å². The van der Waals surface area contributed by atoms with Crippen molar-refractivity contribution in [3.05, 3.63) is 41.1 Å². The number of carboxylic acid groups (broad SMARTS) is 1. The molecule has 0 aliphatic heterocycles. The number of nitrogens with zero attached hydrogens (tertiary/aromatic N) is 3. The second-order valence-corrected chi connectivity index (χ2v) is 3.57. The van der Waals surface area contributed by atoms with Gasteiger partial charge in [0.2, 0.25) is 0 Å². The minimum absolute atomic E-state index is 0.162. The van der Waals surface area contributed by atoms with E-state index in [2.05, 4.69) is 10.1 Å². The van der Waals surface area contributed by atoms with Gasteiger partial charge in [-0.05, 0) is 13.0 Å². The number of rotatable bonds is 3. The first kappa shape index (κ1) is 11.9. The molecule has 0 saturated carbocycles. The van der Waals surface area contributed by atoms with E-state index in [-0.39, 0.29) is 17.1 Å². The van der Waals surface area contributed by atoms with E-state index in [9.17, 15) is 14.0 Å². The van der Waals surface area contributed by atoms with Crippen LogP contribution in [-0.2, 0) is 0 Å². The Hall–Kier alpha value is -2.57. The molecule has 2 aromatic rings. The van der Waals surface area contributed by atoms with Crippen LogP contribution in [0.5, 0.6) is 0 Å². The summed E-state index contributed by atoms with van der Waals surface area (Å²) < 4.78 is 14.8. The highest BCUT2D eigenvalue weighted by Gasteiger charge is 2.17. The number of aromatic nitrogens is 3. The van der Waals surface area contributed by atoms with Crippen molar-refractivity contribution in [1.82, 2.24) is 14.8 Å². The van der Waals surface area contributed by atoms with Gasteiger partial charge in [-0.3, -0.25) is 4.79 Å². The third kappa shape index (κ3) is 1.86. The molecule has 0 unspecified atom stereocenters. The van der Waals surface area contributed by atoms with Crippen molar-refractivity contribution in [2.24, 2.45) is 0 Å². The third-order valence-corrected chi connectivity index (χ3v) is 2.34. The molecule has 2 rings (SSSR count). The van der Waals surface area contributed by atoms with Crippen LogP contribution in [0, 0.1) is 12.7 Å². The van der Waals surface area contributed by atoms with Gasteiger partial charge in [0.05, 0.1) is 5.56 Å². The number of carbonyl (C=O) groups excluding carboxylic acids is 1. The van der Waals surface area contributed by atoms with Crippen molar-refractivity contribution in [3.8, 4) is 5.82 Å². The van der Waals surface area contributed by atoms with E-state index < -0.39 is 11.8 Å². The highest BCUT2D eigenvalue weighted by molar-refractivity contribution is 5.86. The molecule has 92 valence electrons. The van der Waals surface area contributed by atoms with Crippen molar-refractivity contribution in [2.75, 3.05) is 0 Å². The van der Waals surface area contributed by atoms with Crippen LogP contribution in [0.25, 0.3) is 5.82 Å². The van der Waals surface area contributed by atoms with Crippen LogP contribution in [0.15, 0.2) is 18.5 Å². The van der Waals surface area contributed by atoms with Gasteiger partial charge >= 0.3 is 5.97 Å². The third-order valence-electron chi connectivity index (χ3n) is 2.34. The van der Waals surface area contributed by atoms with Gasteiger partial charge in [0.1, 0.15) is 0 Å². The molecule has 0 spiro atoms. The smallest absolute Gasteiger partial charge is 0.356 e. The van der Waals surface area contributed by atoms with Crippen molar-refractivity contribution in [1.29, 1.82) is 0 Å². The number of carbonyl (C=O) groups is 2. The minimum Gasteiger partial charge on any atom is -0.476 e. The molecule has 1 N–H and O–H groups in total. The molecule has 0 aliphatic rings. The van der Waals surface area contributed by atoms with Crippen LogP contribution in [-0.4, -0.2) is 32.1 Å². The standard InChI is InChI=1S/C11H8FN3O3/c1-6-4-15(14-9(6)11(17)18)10-8(12)7(5-16)2-3-13-10/h2-5H,1H3,(H,17,18). The zero-order valence-corrected chi connectivity index (χ0v) is 9.29. The maximum Gasteiger partial charge on any atom is 0.356 e.